The highest BCUT2D eigenvalue weighted by Gasteiger charge is 2.21. The van der Waals surface area contributed by atoms with Gasteiger partial charge in [0.1, 0.15) is 22.4 Å². The second kappa shape index (κ2) is 37.2. The molecule has 8 N–H and O–H groups in total. The Morgan fingerprint density at radius 3 is 1.08 bits per heavy atom. The molecule has 38 heteroatoms. The van der Waals surface area contributed by atoms with Gasteiger partial charge in [-0.3, -0.25) is 109 Å². The number of H-pyrrole nitrogens is 6. The largest absolute Gasteiger partial charge is 0.497 e. The molecule has 0 saturated heterocycles. The van der Waals surface area contributed by atoms with Crippen LogP contribution < -0.4 is 52.3 Å². The number of fused-ring (bicyclic) bond motifs is 18. The number of hydrogen-bond acceptors (Lipinski definition) is 24. The van der Waals surface area contributed by atoms with Crippen LogP contribution >= 0.6 is 27.5 Å². The number of aromatic nitrogens is 24. The van der Waals surface area contributed by atoms with E-state index >= 15 is 0 Å². The molecule has 0 amide bonds. The van der Waals surface area contributed by atoms with Gasteiger partial charge in [-0.1, -0.05) is 63.9 Å². The molecule has 0 aliphatic rings. The molecule has 0 unspecified atom stereocenters. The van der Waals surface area contributed by atoms with Gasteiger partial charge in [0.15, 0.2) is 0 Å². The van der Waals surface area contributed by atoms with Crippen LogP contribution in [0.2, 0.25) is 5.15 Å². The number of ether oxygens (including phenoxy) is 4. The average Bonchev–Trinajstić information content (AvgIpc) is 1.61. The molecule has 0 aliphatic heterocycles. The van der Waals surface area contributed by atoms with Crippen molar-refractivity contribution >= 4 is 158 Å². The fourth-order valence-corrected chi connectivity index (χ4v) is 16.2. The number of rotatable bonds is 12. The van der Waals surface area contributed by atoms with Crippen LogP contribution in [0.1, 0.15) is 22.5 Å². The minimum Gasteiger partial charge on any atom is -0.497 e. The molecule has 18 heterocycles. The molecular weight excluding hydrogens is 1820 g/mol. The number of nitrogens with zero attached hydrogens (tertiary/aromatic N) is 18. The lowest BCUT2D eigenvalue weighted by Crippen LogP contribution is -2.14. The predicted molar refractivity (Wildman–Crippen MR) is 522 cm³/mol. The predicted octanol–water partition coefficient (Wildman–Crippen LogP) is 14.6. The summed E-state index contributed by atoms with van der Waals surface area (Å²) in [5.74, 6) is 2.55. The van der Waals surface area contributed by atoms with E-state index < -0.39 is 0 Å². The highest BCUT2D eigenvalue weighted by atomic mass is 79.9. The molecule has 0 atom stereocenters. The van der Waals surface area contributed by atoms with Gasteiger partial charge in [-0.05, 0) is 152 Å². The number of pyridine rings is 12. The van der Waals surface area contributed by atoms with Crippen molar-refractivity contribution in [1.82, 2.24) is 118 Å². The maximum atomic E-state index is 12.7. The number of aliphatic hydroxyl groups excluding tert-OH is 2. The molecule has 0 bridgehead atoms. The first-order valence-corrected chi connectivity index (χ1v) is 42.9. The van der Waals surface area contributed by atoms with Crippen LogP contribution in [0.5, 0.6) is 23.1 Å². The average molecular weight is 1900 g/mol. The van der Waals surface area contributed by atoms with E-state index in [1.54, 1.807) is 157 Å². The number of hydrogen-bond donors (Lipinski definition) is 8. The molecule has 18 aromatic heterocycles. The van der Waals surface area contributed by atoms with E-state index in [2.05, 4.69) is 106 Å². The number of nitrogens with one attached hydrogen (secondary N) is 6. The standard InChI is InChI=1S/2C17H14N4O2.C16H11BrN4O2.C16H11ClN4O2.2C16H12N4O2/c1-10-7-13-15(9-18-10)19-8-14-16(13)20-21(17(14)22)11-3-5-12(23-2)6-4-11;1-10-6-13-15(9-18-10)19-8-14-16(13)20-21(17(14)22)11-4-3-5-12(7-11)23-2;1-23-14-7-10(4-5-18-14)21-16(22)12-8-19-13-6-9(17)2-3-11(13)15(12)20-21;1-23-10-4-2-3-9(5-10)21-16(22)12-7-18-13-8-19-14(17)6-11(13)15(12)20-21;21-9-10-1-2-12-14(7-10)18-8-13-15(12)19-20(16(13)22)11-3-5-17-6-4-11;21-9-10-3-4-12-14(6-10)18-8-13-15(12)19-20(16(13)22)11-2-1-5-17-7-11/h2*3-9,20H,1-2H3;2*2-8,20H,1H3;2*1-8,19,21H,9H2. The molecule has 6 aromatic carbocycles. The van der Waals surface area contributed by atoms with E-state index in [0.29, 0.717) is 88.6 Å². The maximum Gasteiger partial charge on any atom is 0.280 e. The van der Waals surface area contributed by atoms with Crippen molar-refractivity contribution in [1.29, 1.82) is 0 Å². The number of halogens is 2. The number of aromatic amines is 6. The summed E-state index contributed by atoms with van der Waals surface area (Å²) in [6, 6.07) is 54.7. The van der Waals surface area contributed by atoms with Crippen molar-refractivity contribution in [3.63, 3.8) is 0 Å². The van der Waals surface area contributed by atoms with Gasteiger partial charge in [-0.15, -0.1) is 0 Å². The number of aliphatic hydroxyl groups is 2. The van der Waals surface area contributed by atoms with Gasteiger partial charge in [-0.25, -0.2) is 38.1 Å². The number of benzene rings is 6. The van der Waals surface area contributed by atoms with Gasteiger partial charge >= 0.3 is 0 Å². The third-order valence-electron chi connectivity index (χ3n) is 22.5. The third kappa shape index (κ3) is 16.9. The Morgan fingerprint density at radius 1 is 0.294 bits per heavy atom. The van der Waals surface area contributed by atoms with Gasteiger partial charge < -0.3 is 29.2 Å². The van der Waals surface area contributed by atoms with Crippen LogP contribution in [0.4, 0.5) is 0 Å². The second-order valence-corrected chi connectivity index (χ2v) is 32.1. The summed E-state index contributed by atoms with van der Waals surface area (Å²) in [5, 5.41) is 46.0. The number of aryl methyl sites for hydroxylation is 2. The maximum absolute atomic E-state index is 12.7. The Kier molecular flexibility index (Phi) is 23.9. The first kappa shape index (κ1) is 87.5. The van der Waals surface area contributed by atoms with Gasteiger partial charge in [0.2, 0.25) is 5.88 Å². The van der Waals surface area contributed by atoms with E-state index in [1.165, 1.54) is 35.2 Å². The Hall–Kier alpha value is -17.8. The van der Waals surface area contributed by atoms with Crippen LogP contribution in [0.15, 0.2) is 302 Å². The molecule has 672 valence electrons. The monoisotopic (exact) mass is 1890 g/mol. The van der Waals surface area contributed by atoms with Gasteiger partial charge in [0.05, 0.1) is 199 Å². The van der Waals surface area contributed by atoms with E-state index in [0.717, 1.165) is 132 Å². The molecule has 0 fully saturated rings. The van der Waals surface area contributed by atoms with Crippen molar-refractivity contribution in [2.45, 2.75) is 27.1 Å². The fraction of sp³-hybridized carbons (Fsp3) is 0.0816. The van der Waals surface area contributed by atoms with E-state index in [4.69, 9.17) is 30.5 Å². The zero-order valence-corrected chi connectivity index (χ0v) is 74.9. The van der Waals surface area contributed by atoms with Crippen LogP contribution in [0.25, 0.3) is 165 Å². The molecule has 0 radical (unpaired) electrons. The lowest BCUT2D eigenvalue weighted by molar-refractivity contribution is 0.282. The zero-order chi connectivity index (χ0) is 94.1. The Balaban J connectivity index is 0.000000105. The van der Waals surface area contributed by atoms with Crippen LogP contribution in [-0.2, 0) is 13.2 Å². The molecule has 0 aliphatic carbocycles. The first-order valence-electron chi connectivity index (χ1n) is 41.7. The Labute approximate surface area is 777 Å². The lowest BCUT2D eigenvalue weighted by Gasteiger charge is -2.04. The van der Waals surface area contributed by atoms with Crippen LogP contribution in [0, 0.1) is 13.8 Å². The Morgan fingerprint density at radius 2 is 0.662 bits per heavy atom. The molecular formula is C98H74BrClN24O12. The van der Waals surface area contributed by atoms with Gasteiger partial charge in [0, 0.05) is 128 Å². The molecule has 24 aromatic rings. The number of methoxy groups -OCH3 is 4. The topological polar surface area (TPSA) is 459 Å². The van der Waals surface area contributed by atoms with E-state index in [9.17, 15) is 39.0 Å². The minimum absolute atomic E-state index is 0.0375. The highest BCUT2D eigenvalue weighted by Crippen LogP contribution is 2.31. The third-order valence-corrected chi connectivity index (χ3v) is 23.2. The van der Waals surface area contributed by atoms with Crippen molar-refractivity contribution in [2.24, 2.45) is 0 Å². The molecule has 24 rings (SSSR count). The van der Waals surface area contributed by atoms with Crippen molar-refractivity contribution in [2.75, 3.05) is 28.4 Å². The van der Waals surface area contributed by atoms with Crippen LogP contribution in [0.3, 0.4) is 0 Å². The SMILES string of the molecule is COc1cc(-n2[nH]c3c(cnc4cc(Br)ccc43)c2=O)ccn1.COc1ccc(-n2[nH]c3c(cnc4cnc(C)cc43)c2=O)cc1.COc1cccc(-n2[nH]c3c(cnc4cnc(C)cc43)c2=O)c1.COc1cccc(-n2[nH]c3c(cnc4cnc(Cl)cc43)c2=O)c1.O=c1c2cnc3cc(CO)ccc3c2[nH]n1-c1cccnc1.O=c1c2cnc3cc(CO)ccc3c2[nH]n1-c1ccncc1. The van der Waals surface area contributed by atoms with Crippen LogP contribution in [-0.4, -0.2) is 157 Å². The summed E-state index contributed by atoms with van der Waals surface area (Å²) >= 11 is 9.40. The van der Waals surface area contributed by atoms with E-state index in [1.807, 2.05) is 147 Å². The summed E-state index contributed by atoms with van der Waals surface area (Å²) in [4.78, 5) is 126. The molecule has 36 nitrogen and oxygen atoms in total. The first-order chi connectivity index (χ1) is 66.2. The smallest absolute Gasteiger partial charge is 0.280 e. The van der Waals surface area contributed by atoms with Crippen molar-refractivity contribution in [3.05, 3.63) is 363 Å². The second-order valence-electron chi connectivity index (χ2n) is 30.8. The summed E-state index contributed by atoms with van der Waals surface area (Å²) in [7, 11) is 6.33. The molecule has 0 saturated carbocycles. The summed E-state index contributed by atoms with van der Waals surface area (Å²) in [6.45, 7) is 3.75. The summed E-state index contributed by atoms with van der Waals surface area (Å²) < 4.78 is 30.5. The normalized spacial score (nSPS) is 11.2. The van der Waals surface area contributed by atoms with Crippen molar-refractivity contribution in [3.8, 4) is 57.3 Å². The Bertz CT molecular complexity index is 8820. The quantitative estimate of drug-likeness (QED) is 0.0527. The lowest BCUT2D eigenvalue weighted by atomic mass is 10.1. The van der Waals surface area contributed by atoms with Crippen molar-refractivity contribution < 1.29 is 29.2 Å². The minimum atomic E-state index is -0.185. The fourth-order valence-electron chi connectivity index (χ4n) is 15.7. The van der Waals surface area contributed by atoms with Gasteiger partial charge in [-0.2, -0.15) is 0 Å². The zero-order valence-electron chi connectivity index (χ0n) is 72.6. The van der Waals surface area contributed by atoms with Gasteiger partial charge in [0.25, 0.3) is 33.4 Å². The highest BCUT2D eigenvalue weighted by molar-refractivity contribution is 9.10. The molecule has 0 spiro atoms. The molecule has 136 heavy (non-hydrogen) atoms. The summed E-state index contributed by atoms with van der Waals surface area (Å²) in [5.41, 5.74) is 15.4. The van der Waals surface area contributed by atoms with E-state index in [-0.39, 0.29) is 46.6 Å². The summed E-state index contributed by atoms with van der Waals surface area (Å²) in [6.07, 6.45) is 22.6.